The van der Waals surface area contributed by atoms with E-state index >= 15 is 0 Å². The van der Waals surface area contributed by atoms with Gasteiger partial charge in [0.2, 0.25) is 5.95 Å². The Labute approximate surface area is 124 Å². The maximum absolute atomic E-state index is 5.96. The lowest BCUT2D eigenvalue weighted by atomic mass is 10.1. The minimum Gasteiger partial charge on any atom is -0.370 e. The Morgan fingerprint density at radius 2 is 2.05 bits per heavy atom. The zero-order valence-corrected chi connectivity index (χ0v) is 12.3. The van der Waals surface area contributed by atoms with E-state index in [9.17, 15) is 0 Å². The Morgan fingerprint density at radius 1 is 1.15 bits per heavy atom. The molecule has 4 nitrogen and oxygen atoms in total. The van der Waals surface area contributed by atoms with Crippen LogP contribution in [0.1, 0.15) is 18.9 Å². The second kappa shape index (κ2) is 7.70. The van der Waals surface area contributed by atoms with Crippen LogP contribution in [0.4, 0.5) is 11.8 Å². The number of nitrogens with zero attached hydrogens (tertiary/aromatic N) is 2. The third-order valence-electron chi connectivity index (χ3n) is 2.80. The highest BCUT2D eigenvalue weighted by atomic mass is 35.5. The summed E-state index contributed by atoms with van der Waals surface area (Å²) >= 11 is 5.96. The van der Waals surface area contributed by atoms with Crippen molar-refractivity contribution < 1.29 is 0 Å². The van der Waals surface area contributed by atoms with Crippen LogP contribution in [0.2, 0.25) is 5.02 Å². The molecule has 1 aromatic heterocycles. The van der Waals surface area contributed by atoms with E-state index in [1.54, 1.807) is 6.20 Å². The molecule has 5 heteroatoms. The molecule has 2 aromatic rings. The van der Waals surface area contributed by atoms with Crippen LogP contribution >= 0.6 is 11.6 Å². The average Bonchev–Trinajstić information content (AvgIpc) is 2.46. The molecule has 1 heterocycles. The Hall–Kier alpha value is -1.81. The first kappa shape index (κ1) is 14.6. The zero-order valence-electron chi connectivity index (χ0n) is 11.6. The molecule has 1 aromatic carbocycles. The maximum atomic E-state index is 5.96. The monoisotopic (exact) mass is 290 g/mol. The predicted octanol–water partition coefficient (Wildman–Crippen LogP) is 3.61. The van der Waals surface area contributed by atoms with E-state index in [0.717, 1.165) is 36.8 Å². The average molecular weight is 291 g/mol. The molecule has 106 valence electrons. The second-order valence-corrected chi connectivity index (χ2v) is 4.94. The molecule has 0 radical (unpaired) electrons. The van der Waals surface area contributed by atoms with Crippen molar-refractivity contribution in [3.05, 3.63) is 47.1 Å². The summed E-state index contributed by atoms with van der Waals surface area (Å²) in [6.45, 7) is 3.80. The molecule has 20 heavy (non-hydrogen) atoms. The lowest BCUT2D eigenvalue weighted by Crippen LogP contribution is -2.09. The Morgan fingerprint density at radius 3 is 2.85 bits per heavy atom. The van der Waals surface area contributed by atoms with Crippen molar-refractivity contribution in [1.29, 1.82) is 0 Å². The third-order valence-corrected chi connectivity index (χ3v) is 3.03. The van der Waals surface area contributed by atoms with Crippen LogP contribution in [-0.2, 0) is 6.42 Å². The molecule has 0 saturated carbocycles. The normalized spacial score (nSPS) is 10.3. The van der Waals surface area contributed by atoms with E-state index < -0.39 is 0 Å². The predicted molar refractivity (Wildman–Crippen MR) is 84.5 cm³/mol. The molecule has 0 spiro atoms. The summed E-state index contributed by atoms with van der Waals surface area (Å²) in [5, 5.41) is 7.24. The van der Waals surface area contributed by atoms with Gasteiger partial charge in [-0.2, -0.15) is 4.98 Å². The highest BCUT2D eigenvalue weighted by Crippen LogP contribution is 2.11. The topological polar surface area (TPSA) is 49.8 Å². The fraction of sp³-hybridized carbons (Fsp3) is 0.333. The Bertz CT molecular complexity index is 545. The second-order valence-electron chi connectivity index (χ2n) is 4.50. The number of anilines is 2. The summed E-state index contributed by atoms with van der Waals surface area (Å²) < 4.78 is 0. The van der Waals surface area contributed by atoms with Crippen LogP contribution in [0.15, 0.2) is 36.5 Å². The van der Waals surface area contributed by atoms with E-state index in [1.807, 2.05) is 24.3 Å². The molecule has 2 rings (SSSR count). The molecule has 0 atom stereocenters. The van der Waals surface area contributed by atoms with Crippen LogP contribution in [0.3, 0.4) is 0 Å². The van der Waals surface area contributed by atoms with E-state index in [1.165, 1.54) is 5.56 Å². The molecule has 0 aliphatic rings. The van der Waals surface area contributed by atoms with Crippen LogP contribution in [-0.4, -0.2) is 23.1 Å². The van der Waals surface area contributed by atoms with E-state index in [4.69, 9.17) is 11.6 Å². The number of rotatable bonds is 7. The van der Waals surface area contributed by atoms with Gasteiger partial charge in [-0.3, -0.25) is 0 Å². The molecule has 0 saturated heterocycles. The number of hydrogen-bond donors (Lipinski definition) is 2. The van der Waals surface area contributed by atoms with Crippen molar-refractivity contribution in [3.8, 4) is 0 Å². The Kier molecular flexibility index (Phi) is 5.62. The van der Waals surface area contributed by atoms with Crippen LogP contribution in [0, 0.1) is 0 Å². The van der Waals surface area contributed by atoms with Gasteiger partial charge in [0.15, 0.2) is 0 Å². The largest absolute Gasteiger partial charge is 0.370 e. The molecule has 0 amide bonds. The van der Waals surface area contributed by atoms with Crippen molar-refractivity contribution in [3.63, 3.8) is 0 Å². The number of hydrogen-bond acceptors (Lipinski definition) is 4. The molecular formula is C15H19ClN4. The lowest BCUT2D eigenvalue weighted by Gasteiger charge is -2.08. The van der Waals surface area contributed by atoms with Gasteiger partial charge in [-0.25, -0.2) is 4.98 Å². The van der Waals surface area contributed by atoms with Crippen molar-refractivity contribution in [2.24, 2.45) is 0 Å². The van der Waals surface area contributed by atoms with Crippen molar-refractivity contribution >= 4 is 23.4 Å². The number of aromatic nitrogens is 2. The zero-order chi connectivity index (χ0) is 14.2. The van der Waals surface area contributed by atoms with E-state index in [0.29, 0.717) is 5.95 Å². The fourth-order valence-electron chi connectivity index (χ4n) is 1.81. The first-order chi connectivity index (χ1) is 9.78. The third kappa shape index (κ3) is 4.70. The minimum absolute atomic E-state index is 0.666. The van der Waals surface area contributed by atoms with Gasteiger partial charge in [0.25, 0.3) is 0 Å². The summed E-state index contributed by atoms with van der Waals surface area (Å²) in [5.74, 6) is 1.50. The van der Waals surface area contributed by atoms with E-state index in [2.05, 4.69) is 33.6 Å². The van der Waals surface area contributed by atoms with Gasteiger partial charge in [0, 0.05) is 24.3 Å². The van der Waals surface area contributed by atoms with Gasteiger partial charge in [-0.15, -0.1) is 0 Å². The van der Waals surface area contributed by atoms with Gasteiger partial charge >= 0.3 is 0 Å². The van der Waals surface area contributed by atoms with Crippen LogP contribution in [0.5, 0.6) is 0 Å². The summed E-state index contributed by atoms with van der Waals surface area (Å²) in [6.07, 6.45) is 3.71. The highest BCUT2D eigenvalue weighted by Gasteiger charge is 1.99. The minimum atomic E-state index is 0.666. The summed E-state index contributed by atoms with van der Waals surface area (Å²) in [5.41, 5.74) is 1.21. The number of benzene rings is 1. The first-order valence-electron chi connectivity index (χ1n) is 6.83. The standard InChI is InChI=1S/C15H19ClN4/c1-2-8-18-15-19-10-7-14(20-15)17-9-6-12-4-3-5-13(16)11-12/h3-5,7,10-11H,2,6,8-9H2,1H3,(H2,17,18,19,20). The molecule has 0 fully saturated rings. The van der Waals surface area contributed by atoms with Crippen molar-refractivity contribution in [2.75, 3.05) is 23.7 Å². The SMILES string of the molecule is CCCNc1nccc(NCCc2cccc(Cl)c2)n1. The van der Waals surface area contributed by atoms with Gasteiger partial charge in [-0.05, 0) is 36.6 Å². The quantitative estimate of drug-likeness (QED) is 0.818. The lowest BCUT2D eigenvalue weighted by molar-refractivity contribution is 0.946. The molecule has 2 N–H and O–H groups in total. The van der Waals surface area contributed by atoms with Crippen molar-refractivity contribution in [2.45, 2.75) is 19.8 Å². The number of nitrogens with one attached hydrogen (secondary N) is 2. The molecule has 0 aliphatic carbocycles. The van der Waals surface area contributed by atoms with Crippen LogP contribution < -0.4 is 10.6 Å². The van der Waals surface area contributed by atoms with Crippen LogP contribution in [0.25, 0.3) is 0 Å². The fourth-order valence-corrected chi connectivity index (χ4v) is 2.02. The molecular weight excluding hydrogens is 272 g/mol. The molecule has 0 bridgehead atoms. The van der Waals surface area contributed by atoms with Crippen molar-refractivity contribution in [1.82, 2.24) is 9.97 Å². The summed E-state index contributed by atoms with van der Waals surface area (Å²) in [6, 6.07) is 9.78. The molecule has 0 aliphatic heterocycles. The van der Waals surface area contributed by atoms with Gasteiger partial charge in [0.1, 0.15) is 5.82 Å². The number of halogens is 1. The smallest absolute Gasteiger partial charge is 0.224 e. The summed E-state index contributed by atoms with van der Waals surface area (Å²) in [7, 11) is 0. The Balaban J connectivity index is 1.84. The highest BCUT2D eigenvalue weighted by molar-refractivity contribution is 6.30. The first-order valence-corrected chi connectivity index (χ1v) is 7.21. The molecule has 0 unspecified atom stereocenters. The maximum Gasteiger partial charge on any atom is 0.224 e. The van der Waals surface area contributed by atoms with Gasteiger partial charge in [-0.1, -0.05) is 30.7 Å². The summed E-state index contributed by atoms with van der Waals surface area (Å²) in [4.78, 5) is 8.57. The van der Waals surface area contributed by atoms with E-state index in [-0.39, 0.29) is 0 Å². The van der Waals surface area contributed by atoms with Gasteiger partial charge in [0.05, 0.1) is 0 Å². The van der Waals surface area contributed by atoms with Gasteiger partial charge < -0.3 is 10.6 Å².